The van der Waals surface area contributed by atoms with Crippen molar-refractivity contribution in [3.63, 3.8) is 0 Å². The molecule has 1 unspecified atom stereocenters. The number of carbonyl (C=O) groups excluding carboxylic acids is 1. The third kappa shape index (κ3) is 4.96. The van der Waals surface area contributed by atoms with E-state index in [9.17, 15) is 27.5 Å². The van der Waals surface area contributed by atoms with Crippen LogP contribution in [-0.2, 0) is 15.1 Å². The average Bonchev–Trinajstić information content (AvgIpc) is 2.97. The van der Waals surface area contributed by atoms with Crippen LogP contribution in [0.4, 0.5) is 17.6 Å². The van der Waals surface area contributed by atoms with Crippen molar-refractivity contribution in [1.29, 1.82) is 0 Å². The van der Waals surface area contributed by atoms with Crippen LogP contribution in [0.1, 0.15) is 43.2 Å². The number of rotatable bonds is 5. The highest BCUT2D eigenvalue weighted by Gasteiger charge is 2.44. The van der Waals surface area contributed by atoms with E-state index in [0.29, 0.717) is 29.5 Å². The predicted octanol–water partition coefficient (Wildman–Crippen LogP) is 4.43. The lowest BCUT2D eigenvalue weighted by molar-refractivity contribution is -0.897. The largest absolute Gasteiger partial charge is 0.459 e. The Morgan fingerprint density at radius 3 is 1.88 bits per heavy atom. The zero-order chi connectivity index (χ0) is 23.7. The number of benzene rings is 2. The third-order valence-corrected chi connectivity index (χ3v) is 6.19. The quantitative estimate of drug-likeness (QED) is 0.315. The van der Waals surface area contributed by atoms with Gasteiger partial charge in [-0.25, -0.2) is 22.4 Å². The smallest absolute Gasteiger partial charge is 0.347 e. The van der Waals surface area contributed by atoms with E-state index in [4.69, 9.17) is 4.74 Å². The van der Waals surface area contributed by atoms with Gasteiger partial charge in [-0.15, -0.1) is 0 Å². The first-order valence-electron chi connectivity index (χ1n) is 10.6. The second kappa shape index (κ2) is 9.19. The van der Waals surface area contributed by atoms with Gasteiger partial charge in [0.15, 0.2) is 23.3 Å². The van der Waals surface area contributed by atoms with Crippen molar-refractivity contribution in [2.45, 2.75) is 49.9 Å². The average molecular weight is 454 g/mol. The van der Waals surface area contributed by atoms with Crippen LogP contribution < -0.4 is 0 Å². The molecule has 174 valence electrons. The van der Waals surface area contributed by atoms with E-state index >= 15 is 0 Å². The van der Waals surface area contributed by atoms with Gasteiger partial charge in [-0.1, -0.05) is 12.1 Å². The van der Waals surface area contributed by atoms with Gasteiger partial charge in [-0.2, -0.15) is 0 Å². The fraction of sp³-hybridized carbons (Fsp3) is 0.458. The number of esters is 1. The van der Waals surface area contributed by atoms with E-state index in [1.165, 1.54) is 0 Å². The molecular formula is C24H28F4NO3+. The molecule has 1 aliphatic carbocycles. The number of nitrogens with zero attached hydrogens (tertiary/aromatic N) is 1. The van der Waals surface area contributed by atoms with Gasteiger partial charge in [0.25, 0.3) is 0 Å². The number of hydrogen-bond donors (Lipinski definition) is 1. The Morgan fingerprint density at radius 1 is 0.906 bits per heavy atom. The van der Waals surface area contributed by atoms with E-state index < -0.39 is 40.9 Å². The van der Waals surface area contributed by atoms with Crippen molar-refractivity contribution in [1.82, 2.24) is 0 Å². The fourth-order valence-electron chi connectivity index (χ4n) is 4.18. The van der Waals surface area contributed by atoms with Crippen LogP contribution in [0, 0.1) is 23.3 Å². The Morgan fingerprint density at radius 2 is 1.41 bits per heavy atom. The minimum Gasteiger partial charge on any atom is -0.459 e. The molecular weight excluding hydrogens is 426 g/mol. The number of halogens is 4. The zero-order valence-electron chi connectivity index (χ0n) is 18.4. The number of hydrogen-bond acceptors (Lipinski definition) is 3. The van der Waals surface area contributed by atoms with Crippen LogP contribution in [0.3, 0.4) is 0 Å². The second-order valence-corrected chi connectivity index (χ2v) is 9.29. The maximum atomic E-state index is 14.0. The molecule has 1 N–H and O–H groups in total. The summed E-state index contributed by atoms with van der Waals surface area (Å²) in [5.74, 6) is -6.10. The van der Waals surface area contributed by atoms with Gasteiger partial charge in [-0.3, -0.25) is 0 Å². The monoisotopic (exact) mass is 454 g/mol. The lowest BCUT2D eigenvalue weighted by Crippen LogP contribution is -2.47. The highest BCUT2D eigenvalue weighted by Crippen LogP contribution is 2.35. The topological polar surface area (TPSA) is 46.5 Å². The Hall–Kier alpha value is -2.45. The van der Waals surface area contributed by atoms with Gasteiger partial charge in [0, 0.05) is 17.5 Å². The first-order chi connectivity index (χ1) is 14.9. The normalized spacial score (nSPS) is 20.0. The van der Waals surface area contributed by atoms with Crippen molar-refractivity contribution in [2.75, 3.05) is 21.1 Å². The molecule has 0 aliphatic heterocycles. The summed E-state index contributed by atoms with van der Waals surface area (Å²) >= 11 is 0. The maximum Gasteiger partial charge on any atom is 0.347 e. The SMILES string of the molecule is C[N+](C)(C)C1CCCC[C@@H](OC(=O)C(O)(c2ccc(F)c(F)c2)c2ccc(F)c(F)c2)C1. The molecule has 0 radical (unpaired) electrons. The molecule has 1 fully saturated rings. The molecule has 3 rings (SSSR count). The van der Waals surface area contributed by atoms with Gasteiger partial charge in [0.2, 0.25) is 5.60 Å². The standard InChI is InChI=1S/C24H28F4NO3/c1-29(2,3)17-6-4-5-7-18(14-17)32-23(30)24(31,15-8-10-19(25)21(27)12-15)16-9-11-20(26)22(28)13-16/h8-13,17-18,31H,4-7,14H2,1-3H3/q+1/t17?,18-/m1/s1. The first-order valence-corrected chi connectivity index (χ1v) is 10.6. The Bertz CT molecular complexity index is 938. The second-order valence-electron chi connectivity index (χ2n) is 9.29. The summed E-state index contributed by atoms with van der Waals surface area (Å²) in [6.45, 7) is 0. The number of quaternary nitrogens is 1. The summed E-state index contributed by atoms with van der Waals surface area (Å²) in [4.78, 5) is 13.3. The summed E-state index contributed by atoms with van der Waals surface area (Å²) in [6, 6.07) is 5.06. The van der Waals surface area contributed by atoms with Crippen molar-refractivity contribution in [3.05, 3.63) is 70.8 Å². The summed E-state index contributed by atoms with van der Waals surface area (Å²) in [6.07, 6.45) is 3.35. The zero-order valence-corrected chi connectivity index (χ0v) is 18.4. The predicted molar refractivity (Wildman–Crippen MR) is 111 cm³/mol. The highest BCUT2D eigenvalue weighted by molar-refractivity contribution is 5.85. The third-order valence-electron chi connectivity index (χ3n) is 6.19. The van der Waals surface area contributed by atoms with Crippen LogP contribution in [0.25, 0.3) is 0 Å². The highest BCUT2D eigenvalue weighted by atomic mass is 19.2. The number of ether oxygens (including phenoxy) is 1. The molecule has 2 aromatic carbocycles. The molecule has 4 nitrogen and oxygen atoms in total. The molecule has 0 spiro atoms. The van der Waals surface area contributed by atoms with Crippen molar-refractivity contribution in [3.8, 4) is 0 Å². The summed E-state index contributed by atoms with van der Waals surface area (Å²) in [7, 11) is 6.15. The molecule has 1 saturated carbocycles. The van der Waals surface area contributed by atoms with E-state index in [1.54, 1.807) is 0 Å². The van der Waals surface area contributed by atoms with Gasteiger partial charge in [0.05, 0.1) is 27.2 Å². The lowest BCUT2D eigenvalue weighted by Gasteiger charge is -2.35. The molecule has 1 aliphatic rings. The molecule has 2 aromatic rings. The number of carbonyl (C=O) groups is 1. The molecule has 32 heavy (non-hydrogen) atoms. The van der Waals surface area contributed by atoms with Crippen molar-refractivity contribution in [2.24, 2.45) is 0 Å². The molecule has 8 heteroatoms. The van der Waals surface area contributed by atoms with Gasteiger partial charge < -0.3 is 14.3 Å². The van der Waals surface area contributed by atoms with Crippen LogP contribution >= 0.6 is 0 Å². The molecule has 0 heterocycles. The van der Waals surface area contributed by atoms with E-state index in [1.807, 2.05) is 21.1 Å². The Labute approximate surface area is 185 Å². The van der Waals surface area contributed by atoms with Gasteiger partial charge in [-0.05, 0) is 49.9 Å². The van der Waals surface area contributed by atoms with Crippen LogP contribution in [0.15, 0.2) is 36.4 Å². The van der Waals surface area contributed by atoms with Crippen molar-refractivity contribution >= 4 is 5.97 Å². The minimum absolute atomic E-state index is 0.218. The summed E-state index contributed by atoms with van der Waals surface area (Å²) in [5, 5.41) is 11.4. The van der Waals surface area contributed by atoms with E-state index in [2.05, 4.69) is 0 Å². The molecule has 0 amide bonds. The van der Waals surface area contributed by atoms with Crippen LogP contribution in [-0.4, -0.2) is 48.8 Å². The first kappa shape index (κ1) is 24.2. The van der Waals surface area contributed by atoms with E-state index in [0.717, 1.165) is 43.5 Å². The number of aliphatic hydroxyl groups is 1. The molecule has 0 aromatic heterocycles. The van der Waals surface area contributed by atoms with Gasteiger partial charge >= 0.3 is 5.97 Å². The molecule has 2 atom stereocenters. The fourth-order valence-corrected chi connectivity index (χ4v) is 4.18. The minimum atomic E-state index is -2.65. The summed E-state index contributed by atoms with van der Waals surface area (Å²) in [5.41, 5.74) is -3.34. The van der Waals surface area contributed by atoms with Gasteiger partial charge in [0.1, 0.15) is 6.10 Å². The Balaban J connectivity index is 2.00. The summed E-state index contributed by atoms with van der Waals surface area (Å²) < 4.78 is 61.2. The lowest BCUT2D eigenvalue weighted by atomic mass is 9.86. The molecule has 0 bridgehead atoms. The van der Waals surface area contributed by atoms with Crippen molar-refractivity contribution < 1.29 is 36.7 Å². The Kier molecular flexibility index (Phi) is 6.95. The van der Waals surface area contributed by atoms with E-state index in [-0.39, 0.29) is 17.2 Å². The van der Waals surface area contributed by atoms with Crippen LogP contribution in [0.2, 0.25) is 0 Å². The van der Waals surface area contributed by atoms with Crippen LogP contribution in [0.5, 0.6) is 0 Å². The maximum absolute atomic E-state index is 14.0. The molecule has 0 saturated heterocycles.